The number of carbonyl (C=O) groups is 1. The van der Waals surface area contributed by atoms with Crippen molar-refractivity contribution in [3.05, 3.63) is 23.8 Å². The van der Waals surface area contributed by atoms with Gasteiger partial charge in [-0.2, -0.15) is 0 Å². The van der Waals surface area contributed by atoms with E-state index in [-0.39, 0.29) is 17.8 Å². The molecule has 2 N–H and O–H groups in total. The smallest absolute Gasteiger partial charge is 0.220 e. The third-order valence-electron chi connectivity index (χ3n) is 3.81. The molecule has 0 fully saturated rings. The predicted octanol–water partition coefficient (Wildman–Crippen LogP) is 4.79. The average Bonchev–Trinajstić information content (AvgIpc) is 2.50. The SMILES string of the molecule is CC(C)CCCCCCC(=O)NCc1ccc(O)c(OC(C)C)c1. The third-order valence-corrected chi connectivity index (χ3v) is 3.81. The molecule has 1 aromatic carbocycles. The maximum absolute atomic E-state index is 11.9. The number of phenolic OH excluding ortho intramolecular Hbond substituents is 1. The Labute approximate surface area is 146 Å². The normalized spacial score (nSPS) is 11.1. The minimum Gasteiger partial charge on any atom is -0.504 e. The maximum Gasteiger partial charge on any atom is 0.220 e. The zero-order chi connectivity index (χ0) is 17.9. The second-order valence-electron chi connectivity index (χ2n) is 7.09. The monoisotopic (exact) mass is 335 g/mol. The van der Waals surface area contributed by atoms with Crippen LogP contribution in [0.25, 0.3) is 0 Å². The lowest BCUT2D eigenvalue weighted by molar-refractivity contribution is -0.121. The Bertz CT molecular complexity index is 498. The number of phenols is 1. The molecule has 0 atom stereocenters. The lowest BCUT2D eigenvalue weighted by Gasteiger charge is -2.13. The van der Waals surface area contributed by atoms with E-state index in [0.29, 0.717) is 18.7 Å². The first-order valence-electron chi connectivity index (χ1n) is 9.13. The lowest BCUT2D eigenvalue weighted by Crippen LogP contribution is -2.22. The second-order valence-corrected chi connectivity index (χ2v) is 7.09. The molecule has 0 aliphatic heterocycles. The van der Waals surface area contributed by atoms with E-state index in [2.05, 4.69) is 19.2 Å². The fraction of sp³-hybridized carbons (Fsp3) is 0.650. The van der Waals surface area contributed by atoms with Crippen molar-refractivity contribution < 1.29 is 14.6 Å². The minimum absolute atomic E-state index is 0.00330. The summed E-state index contributed by atoms with van der Waals surface area (Å²) in [6, 6.07) is 5.18. The summed E-state index contributed by atoms with van der Waals surface area (Å²) >= 11 is 0. The molecule has 24 heavy (non-hydrogen) atoms. The van der Waals surface area contributed by atoms with Crippen LogP contribution in [0.1, 0.15) is 71.8 Å². The summed E-state index contributed by atoms with van der Waals surface area (Å²) in [4.78, 5) is 11.9. The van der Waals surface area contributed by atoms with Crippen LogP contribution in [0.4, 0.5) is 0 Å². The van der Waals surface area contributed by atoms with Gasteiger partial charge in [-0.3, -0.25) is 4.79 Å². The van der Waals surface area contributed by atoms with Gasteiger partial charge in [-0.25, -0.2) is 0 Å². The number of rotatable bonds is 11. The van der Waals surface area contributed by atoms with Gasteiger partial charge in [-0.1, -0.05) is 45.6 Å². The number of carbonyl (C=O) groups excluding carboxylic acids is 1. The van der Waals surface area contributed by atoms with E-state index in [1.807, 2.05) is 13.8 Å². The first kappa shape index (κ1) is 20.3. The number of unbranched alkanes of at least 4 members (excludes halogenated alkanes) is 3. The van der Waals surface area contributed by atoms with Crippen molar-refractivity contribution in [1.29, 1.82) is 0 Å². The van der Waals surface area contributed by atoms with E-state index in [9.17, 15) is 9.90 Å². The number of hydrogen-bond acceptors (Lipinski definition) is 3. The van der Waals surface area contributed by atoms with Gasteiger partial charge < -0.3 is 15.2 Å². The molecule has 0 spiro atoms. The topological polar surface area (TPSA) is 58.6 Å². The highest BCUT2D eigenvalue weighted by molar-refractivity contribution is 5.75. The molecule has 0 aliphatic carbocycles. The summed E-state index contributed by atoms with van der Waals surface area (Å²) in [5.74, 6) is 1.43. The highest BCUT2D eigenvalue weighted by Gasteiger charge is 2.07. The zero-order valence-electron chi connectivity index (χ0n) is 15.6. The van der Waals surface area contributed by atoms with Crippen LogP contribution in [0.5, 0.6) is 11.5 Å². The van der Waals surface area contributed by atoms with E-state index in [4.69, 9.17) is 4.74 Å². The number of ether oxygens (including phenoxy) is 1. The van der Waals surface area contributed by atoms with Crippen molar-refractivity contribution in [2.24, 2.45) is 5.92 Å². The van der Waals surface area contributed by atoms with Gasteiger partial charge in [0.25, 0.3) is 0 Å². The molecule has 4 heteroatoms. The molecule has 1 amide bonds. The Hall–Kier alpha value is -1.71. The average molecular weight is 335 g/mol. The number of aromatic hydroxyl groups is 1. The predicted molar refractivity (Wildman–Crippen MR) is 98.3 cm³/mol. The first-order valence-corrected chi connectivity index (χ1v) is 9.13. The lowest BCUT2D eigenvalue weighted by atomic mass is 10.0. The van der Waals surface area contributed by atoms with Crippen molar-refractivity contribution in [2.75, 3.05) is 0 Å². The van der Waals surface area contributed by atoms with Gasteiger partial charge >= 0.3 is 0 Å². The van der Waals surface area contributed by atoms with Gasteiger partial charge in [0.15, 0.2) is 11.5 Å². The molecule has 136 valence electrons. The van der Waals surface area contributed by atoms with Crippen molar-refractivity contribution in [3.8, 4) is 11.5 Å². The van der Waals surface area contributed by atoms with Gasteiger partial charge in [-0.15, -0.1) is 0 Å². The molecule has 0 saturated heterocycles. The minimum atomic E-state index is -0.00330. The van der Waals surface area contributed by atoms with Gasteiger partial charge in [0.2, 0.25) is 5.91 Å². The second kappa shape index (κ2) is 11.0. The van der Waals surface area contributed by atoms with Crippen LogP contribution in [0.15, 0.2) is 18.2 Å². The van der Waals surface area contributed by atoms with E-state index >= 15 is 0 Å². The number of amides is 1. The van der Waals surface area contributed by atoms with Crippen LogP contribution in [0, 0.1) is 5.92 Å². The molecule has 0 radical (unpaired) electrons. The van der Waals surface area contributed by atoms with Crippen LogP contribution in [-0.2, 0) is 11.3 Å². The number of nitrogens with one attached hydrogen (secondary N) is 1. The Morgan fingerprint density at radius 1 is 1.12 bits per heavy atom. The molecule has 0 aromatic heterocycles. The molecule has 4 nitrogen and oxygen atoms in total. The van der Waals surface area contributed by atoms with Crippen LogP contribution in [0.3, 0.4) is 0 Å². The van der Waals surface area contributed by atoms with E-state index in [1.165, 1.54) is 19.3 Å². The zero-order valence-corrected chi connectivity index (χ0v) is 15.6. The third kappa shape index (κ3) is 8.80. The molecule has 0 heterocycles. The van der Waals surface area contributed by atoms with Gasteiger partial charge in [0, 0.05) is 13.0 Å². The van der Waals surface area contributed by atoms with Gasteiger partial charge in [-0.05, 0) is 43.9 Å². The van der Waals surface area contributed by atoms with Crippen molar-refractivity contribution in [2.45, 2.75) is 78.9 Å². The molecule has 0 unspecified atom stereocenters. The maximum atomic E-state index is 11.9. The molecular weight excluding hydrogens is 302 g/mol. The highest BCUT2D eigenvalue weighted by atomic mass is 16.5. The Morgan fingerprint density at radius 3 is 2.50 bits per heavy atom. The van der Waals surface area contributed by atoms with Gasteiger partial charge in [0.1, 0.15) is 0 Å². The molecule has 0 saturated carbocycles. The van der Waals surface area contributed by atoms with E-state index in [0.717, 1.165) is 24.3 Å². The first-order chi connectivity index (χ1) is 11.4. The fourth-order valence-electron chi connectivity index (χ4n) is 2.50. The summed E-state index contributed by atoms with van der Waals surface area (Å²) in [6.07, 6.45) is 6.37. The largest absolute Gasteiger partial charge is 0.504 e. The number of hydrogen-bond donors (Lipinski definition) is 2. The molecule has 0 bridgehead atoms. The standard InChI is InChI=1S/C20H33NO3/c1-15(2)9-7-5-6-8-10-20(23)21-14-17-11-12-18(22)19(13-17)24-16(3)4/h11-13,15-16,22H,5-10,14H2,1-4H3,(H,21,23). The summed E-state index contributed by atoms with van der Waals surface area (Å²) in [5.41, 5.74) is 0.925. The van der Waals surface area contributed by atoms with E-state index in [1.54, 1.807) is 18.2 Å². The Morgan fingerprint density at radius 2 is 1.83 bits per heavy atom. The summed E-state index contributed by atoms with van der Waals surface area (Å²) in [5, 5.41) is 12.7. The molecule has 1 aromatic rings. The Kier molecular flexibility index (Phi) is 9.28. The van der Waals surface area contributed by atoms with Crippen LogP contribution in [-0.4, -0.2) is 17.1 Å². The van der Waals surface area contributed by atoms with Crippen LogP contribution >= 0.6 is 0 Å². The van der Waals surface area contributed by atoms with Crippen LogP contribution < -0.4 is 10.1 Å². The molecule has 0 aliphatic rings. The highest BCUT2D eigenvalue weighted by Crippen LogP contribution is 2.27. The van der Waals surface area contributed by atoms with Crippen LogP contribution in [0.2, 0.25) is 0 Å². The number of benzene rings is 1. The molecular formula is C20H33NO3. The van der Waals surface area contributed by atoms with Crippen molar-refractivity contribution in [1.82, 2.24) is 5.32 Å². The van der Waals surface area contributed by atoms with E-state index < -0.39 is 0 Å². The summed E-state index contributed by atoms with van der Waals surface area (Å²) in [6.45, 7) is 8.77. The van der Waals surface area contributed by atoms with Crippen molar-refractivity contribution >= 4 is 5.91 Å². The molecule has 1 rings (SSSR count). The van der Waals surface area contributed by atoms with Crippen molar-refractivity contribution in [3.63, 3.8) is 0 Å². The van der Waals surface area contributed by atoms with Gasteiger partial charge in [0.05, 0.1) is 6.10 Å². The summed E-state index contributed by atoms with van der Waals surface area (Å²) < 4.78 is 5.55. The Balaban J connectivity index is 2.27. The quantitative estimate of drug-likeness (QED) is 0.572. The summed E-state index contributed by atoms with van der Waals surface area (Å²) in [7, 11) is 0. The fourth-order valence-corrected chi connectivity index (χ4v) is 2.50.